The van der Waals surface area contributed by atoms with Crippen molar-refractivity contribution >= 4 is 5.82 Å². The summed E-state index contributed by atoms with van der Waals surface area (Å²) in [6.45, 7) is 0.903. The van der Waals surface area contributed by atoms with Crippen molar-refractivity contribution in [3.8, 4) is 5.75 Å². The van der Waals surface area contributed by atoms with E-state index in [1.165, 1.54) is 0 Å². The van der Waals surface area contributed by atoms with E-state index in [0.29, 0.717) is 18.8 Å². The van der Waals surface area contributed by atoms with Gasteiger partial charge in [-0.25, -0.2) is 4.98 Å². The van der Waals surface area contributed by atoms with E-state index in [1.807, 2.05) is 12.1 Å². The lowest BCUT2D eigenvalue weighted by Crippen LogP contribution is -2.04. The van der Waals surface area contributed by atoms with Gasteiger partial charge in [-0.05, 0) is 29.8 Å². The molecule has 0 fully saturated rings. The SMILES string of the molecule is NCc1ccnc(NCc2ncccc2O)c1. The molecule has 2 aromatic rings. The second-order valence-corrected chi connectivity index (χ2v) is 3.58. The number of pyridine rings is 2. The highest BCUT2D eigenvalue weighted by Gasteiger charge is 2.01. The second-order valence-electron chi connectivity index (χ2n) is 3.58. The van der Waals surface area contributed by atoms with Crippen molar-refractivity contribution in [2.24, 2.45) is 5.73 Å². The van der Waals surface area contributed by atoms with Crippen molar-refractivity contribution in [2.75, 3.05) is 5.32 Å². The lowest BCUT2D eigenvalue weighted by Gasteiger charge is -2.07. The number of nitrogens with zero attached hydrogens (tertiary/aromatic N) is 2. The Morgan fingerprint density at radius 1 is 1.24 bits per heavy atom. The van der Waals surface area contributed by atoms with Crippen LogP contribution in [0, 0.1) is 0 Å². The van der Waals surface area contributed by atoms with E-state index in [9.17, 15) is 5.11 Å². The number of hydrogen-bond donors (Lipinski definition) is 3. The Morgan fingerprint density at radius 2 is 2.12 bits per heavy atom. The Bertz CT molecular complexity index is 501. The zero-order valence-electron chi connectivity index (χ0n) is 9.30. The monoisotopic (exact) mass is 230 g/mol. The third kappa shape index (κ3) is 2.92. The molecule has 0 atom stereocenters. The fourth-order valence-corrected chi connectivity index (χ4v) is 1.44. The van der Waals surface area contributed by atoms with E-state index in [0.717, 1.165) is 11.4 Å². The largest absolute Gasteiger partial charge is 0.506 e. The van der Waals surface area contributed by atoms with Crippen LogP contribution in [-0.4, -0.2) is 15.1 Å². The van der Waals surface area contributed by atoms with Gasteiger partial charge in [-0.2, -0.15) is 0 Å². The van der Waals surface area contributed by atoms with Crippen LogP contribution in [0.1, 0.15) is 11.3 Å². The first-order valence-electron chi connectivity index (χ1n) is 5.31. The zero-order chi connectivity index (χ0) is 12.1. The van der Waals surface area contributed by atoms with Crippen molar-refractivity contribution in [1.29, 1.82) is 0 Å². The van der Waals surface area contributed by atoms with Gasteiger partial charge < -0.3 is 16.2 Å². The normalized spacial score (nSPS) is 10.2. The highest BCUT2D eigenvalue weighted by Crippen LogP contribution is 2.14. The fraction of sp³-hybridized carbons (Fsp3) is 0.167. The van der Waals surface area contributed by atoms with Crippen molar-refractivity contribution < 1.29 is 5.11 Å². The Kier molecular flexibility index (Phi) is 3.52. The number of aromatic nitrogens is 2. The highest BCUT2D eigenvalue weighted by molar-refractivity contribution is 5.39. The van der Waals surface area contributed by atoms with Gasteiger partial charge in [0.15, 0.2) is 0 Å². The van der Waals surface area contributed by atoms with Crippen LogP contribution in [0.5, 0.6) is 5.75 Å². The maximum absolute atomic E-state index is 9.55. The van der Waals surface area contributed by atoms with E-state index in [2.05, 4.69) is 15.3 Å². The van der Waals surface area contributed by atoms with Gasteiger partial charge in [0, 0.05) is 18.9 Å². The van der Waals surface area contributed by atoms with Crippen molar-refractivity contribution in [3.63, 3.8) is 0 Å². The Labute approximate surface area is 99.3 Å². The molecule has 17 heavy (non-hydrogen) atoms. The van der Waals surface area contributed by atoms with Gasteiger partial charge >= 0.3 is 0 Å². The van der Waals surface area contributed by atoms with Gasteiger partial charge in [0.1, 0.15) is 17.3 Å². The fourth-order valence-electron chi connectivity index (χ4n) is 1.44. The number of aromatic hydroxyl groups is 1. The Balaban J connectivity index is 2.05. The summed E-state index contributed by atoms with van der Waals surface area (Å²) in [5, 5.41) is 12.6. The highest BCUT2D eigenvalue weighted by atomic mass is 16.3. The van der Waals surface area contributed by atoms with Gasteiger partial charge in [0.05, 0.1) is 6.54 Å². The van der Waals surface area contributed by atoms with E-state index >= 15 is 0 Å². The lowest BCUT2D eigenvalue weighted by molar-refractivity contribution is 0.465. The van der Waals surface area contributed by atoms with Crippen LogP contribution >= 0.6 is 0 Å². The van der Waals surface area contributed by atoms with Crippen LogP contribution in [0.3, 0.4) is 0 Å². The van der Waals surface area contributed by atoms with Gasteiger partial charge in [0.2, 0.25) is 0 Å². The van der Waals surface area contributed by atoms with Crippen LogP contribution in [-0.2, 0) is 13.1 Å². The average Bonchev–Trinajstić information content (AvgIpc) is 2.38. The lowest BCUT2D eigenvalue weighted by atomic mass is 10.2. The molecule has 0 aromatic carbocycles. The minimum Gasteiger partial charge on any atom is -0.506 e. The minimum absolute atomic E-state index is 0.176. The maximum atomic E-state index is 9.55. The molecule has 0 saturated heterocycles. The van der Waals surface area contributed by atoms with Gasteiger partial charge in [-0.15, -0.1) is 0 Å². The van der Waals surface area contributed by atoms with Crippen LogP contribution in [0.4, 0.5) is 5.82 Å². The molecule has 0 unspecified atom stereocenters. The first kappa shape index (κ1) is 11.3. The molecule has 5 heteroatoms. The predicted octanol–water partition coefficient (Wildman–Crippen LogP) is 1.25. The summed E-state index contributed by atoms with van der Waals surface area (Å²) in [5.41, 5.74) is 7.14. The summed E-state index contributed by atoms with van der Waals surface area (Å²) in [5.74, 6) is 0.896. The molecule has 4 N–H and O–H groups in total. The predicted molar refractivity (Wildman–Crippen MR) is 65.4 cm³/mol. The third-order valence-electron chi connectivity index (χ3n) is 2.36. The summed E-state index contributed by atoms with van der Waals surface area (Å²) >= 11 is 0. The number of nitrogens with one attached hydrogen (secondary N) is 1. The van der Waals surface area contributed by atoms with E-state index in [-0.39, 0.29) is 5.75 Å². The van der Waals surface area contributed by atoms with Crippen LogP contribution in [0.15, 0.2) is 36.7 Å². The van der Waals surface area contributed by atoms with Gasteiger partial charge in [-0.3, -0.25) is 4.98 Å². The van der Waals surface area contributed by atoms with E-state index in [1.54, 1.807) is 24.5 Å². The molecule has 0 aliphatic rings. The van der Waals surface area contributed by atoms with Gasteiger partial charge in [0.25, 0.3) is 0 Å². The molecular weight excluding hydrogens is 216 g/mol. The summed E-state index contributed by atoms with van der Waals surface area (Å²) in [4.78, 5) is 8.23. The van der Waals surface area contributed by atoms with Crippen LogP contribution in [0.25, 0.3) is 0 Å². The maximum Gasteiger partial charge on any atom is 0.138 e. The Hall–Kier alpha value is -2.14. The first-order valence-corrected chi connectivity index (χ1v) is 5.31. The topological polar surface area (TPSA) is 84.1 Å². The summed E-state index contributed by atoms with van der Waals surface area (Å²) in [6, 6.07) is 7.03. The van der Waals surface area contributed by atoms with Gasteiger partial charge in [-0.1, -0.05) is 0 Å². The molecular formula is C12H14N4O. The van der Waals surface area contributed by atoms with Crippen molar-refractivity contribution in [1.82, 2.24) is 9.97 Å². The molecule has 0 saturated carbocycles. The molecule has 0 radical (unpaired) electrons. The van der Waals surface area contributed by atoms with E-state index in [4.69, 9.17) is 5.73 Å². The minimum atomic E-state index is 0.176. The molecule has 0 spiro atoms. The molecule has 0 amide bonds. The first-order chi connectivity index (χ1) is 8.29. The zero-order valence-corrected chi connectivity index (χ0v) is 9.30. The number of nitrogens with two attached hydrogens (primary N) is 1. The van der Waals surface area contributed by atoms with Crippen molar-refractivity contribution in [2.45, 2.75) is 13.1 Å². The Morgan fingerprint density at radius 3 is 2.88 bits per heavy atom. The number of hydrogen-bond acceptors (Lipinski definition) is 5. The van der Waals surface area contributed by atoms with Crippen LogP contribution < -0.4 is 11.1 Å². The molecule has 2 aromatic heterocycles. The molecule has 0 aliphatic carbocycles. The van der Waals surface area contributed by atoms with Crippen molar-refractivity contribution in [3.05, 3.63) is 47.9 Å². The molecule has 2 heterocycles. The molecule has 5 nitrogen and oxygen atoms in total. The third-order valence-corrected chi connectivity index (χ3v) is 2.36. The number of rotatable bonds is 4. The summed E-state index contributed by atoms with van der Waals surface area (Å²) in [7, 11) is 0. The standard InChI is InChI=1S/C12H14N4O/c13-7-9-3-5-15-12(6-9)16-8-10-11(17)2-1-4-14-10/h1-6,17H,7-8,13H2,(H,15,16). The van der Waals surface area contributed by atoms with E-state index < -0.39 is 0 Å². The molecule has 0 bridgehead atoms. The molecule has 88 valence electrons. The quantitative estimate of drug-likeness (QED) is 0.736. The smallest absolute Gasteiger partial charge is 0.138 e. The second kappa shape index (κ2) is 5.27. The average molecular weight is 230 g/mol. The summed E-state index contributed by atoms with van der Waals surface area (Å²) < 4.78 is 0. The molecule has 0 aliphatic heterocycles. The summed E-state index contributed by atoms with van der Waals surface area (Å²) in [6.07, 6.45) is 3.34. The van der Waals surface area contributed by atoms with Crippen LogP contribution in [0.2, 0.25) is 0 Å². The number of anilines is 1. The molecule has 2 rings (SSSR count).